The summed E-state index contributed by atoms with van der Waals surface area (Å²) in [6.07, 6.45) is 0. The van der Waals surface area contributed by atoms with Gasteiger partial charge in [0.2, 0.25) is 0 Å². The Morgan fingerprint density at radius 1 is 1.03 bits per heavy atom. The zero-order chi connectivity index (χ0) is 22.0. The van der Waals surface area contributed by atoms with Gasteiger partial charge in [-0.2, -0.15) is 0 Å². The highest BCUT2D eigenvalue weighted by Crippen LogP contribution is 2.28. The third-order valence-electron chi connectivity index (χ3n) is 4.86. The molecular formula is C22H21ClN2O5. The fourth-order valence-corrected chi connectivity index (χ4v) is 3.46. The van der Waals surface area contributed by atoms with Crippen LogP contribution < -0.4 is 5.32 Å². The molecule has 0 aliphatic carbocycles. The van der Waals surface area contributed by atoms with Gasteiger partial charge in [-0.3, -0.25) is 19.3 Å². The topological polar surface area (TPSA) is 92.8 Å². The molecule has 3 rings (SSSR count). The molecule has 2 aromatic rings. The molecule has 156 valence electrons. The third kappa shape index (κ3) is 4.07. The molecule has 0 bridgehead atoms. The van der Waals surface area contributed by atoms with Gasteiger partial charge in [0.25, 0.3) is 17.7 Å². The van der Waals surface area contributed by atoms with Crippen molar-refractivity contribution in [2.45, 2.75) is 26.8 Å². The van der Waals surface area contributed by atoms with E-state index in [4.69, 9.17) is 16.3 Å². The fourth-order valence-electron chi connectivity index (χ4n) is 3.29. The van der Waals surface area contributed by atoms with Gasteiger partial charge in [-0.1, -0.05) is 43.6 Å². The minimum atomic E-state index is -1.14. The van der Waals surface area contributed by atoms with Crippen LogP contribution in [0.25, 0.3) is 0 Å². The SMILES string of the molecule is Cc1c(Cl)cccc1NC(=O)COC(=O)[C@@H](C(C)C)N1C(=O)c2ccccc2C1=O. The van der Waals surface area contributed by atoms with Gasteiger partial charge in [-0.25, -0.2) is 4.79 Å². The monoisotopic (exact) mass is 428 g/mol. The highest BCUT2D eigenvalue weighted by molar-refractivity contribution is 6.31. The Kier molecular flexibility index (Phi) is 6.22. The predicted octanol–water partition coefficient (Wildman–Crippen LogP) is 3.45. The summed E-state index contributed by atoms with van der Waals surface area (Å²) in [5.74, 6) is -2.88. The predicted molar refractivity (Wildman–Crippen MR) is 111 cm³/mol. The first kappa shape index (κ1) is 21.5. The molecule has 7 nitrogen and oxygen atoms in total. The summed E-state index contributed by atoms with van der Waals surface area (Å²) in [6, 6.07) is 10.3. The Balaban J connectivity index is 1.70. The standard InChI is InChI=1S/C22H21ClN2O5/c1-12(2)19(25-20(27)14-7-4-5-8-15(14)21(25)28)22(29)30-11-18(26)24-17-10-6-9-16(23)13(17)3/h4-10,12,19H,11H2,1-3H3,(H,24,26)/t19-/m1/s1. The minimum absolute atomic E-state index is 0.245. The summed E-state index contributed by atoms with van der Waals surface area (Å²) in [6.45, 7) is 4.59. The number of rotatable bonds is 6. The van der Waals surface area contributed by atoms with Crippen molar-refractivity contribution in [2.24, 2.45) is 5.92 Å². The second-order valence-corrected chi connectivity index (χ2v) is 7.69. The van der Waals surface area contributed by atoms with E-state index < -0.39 is 42.3 Å². The van der Waals surface area contributed by atoms with Crippen molar-refractivity contribution in [1.82, 2.24) is 4.90 Å². The smallest absolute Gasteiger partial charge is 0.330 e. The molecule has 1 N–H and O–H groups in total. The van der Waals surface area contributed by atoms with E-state index >= 15 is 0 Å². The van der Waals surface area contributed by atoms with E-state index in [1.165, 1.54) is 0 Å². The van der Waals surface area contributed by atoms with Crippen LogP contribution in [0.3, 0.4) is 0 Å². The number of nitrogens with one attached hydrogen (secondary N) is 1. The number of fused-ring (bicyclic) bond motifs is 1. The van der Waals surface area contributed by atoms with Gasteiger partial charge >= 0.3 is 5.97 Å². The summed E-state index contributed by atoms with van der Waals surface area (Å²) < 4.78 is 5.15. The lowest BCUT2D eigenvalue weighted by Gasteiger charge is -2.27. The Labute approximate surface area is 179 Å². The van der Waals surface area contributed by atoms with E-state index in [-0.39, 0.29) is 11.1 Å². The average molecular weight is 429 g/mol. The number of halogens is 1. The van der Waals surface area contributed by atoms with Crippen molar-refractivity contribution in [2.75, 3.05) is 11.9 Å². The second-order valence-electron chi connectivity index (χ2n) is 7.28. The molecule has 1 aliphatic heterocycles. The zero-order valence-electron chi connectivity index (χ0n) is 16.8. The molecule has 0 fully saturated rings. The quantitative estimate of drug-likeness (QED) is 0.562. The Morgan fingerprint density at radius 3 is 2.20 bits per heavy atom. The van der Waals surface area contributed by atoms with Crippen molar-refractivity contribution < 1.29 is 23.9 Å². The second kappa shape index (κ2) is 8.67. The lowest BCUT2D eigenvalue weighted by molar-refractivity contribution is -0.152. The number of hydrogen-bond acceptors (Lipinski definition) is 5. The Bertz CT molecular complexity index is 999. The van der Waals surface area contributed by atoms with Crippen LogP contribution in [0, 0.1) is 12.8 Å². The van der Waals surface area contributed by atoms with E-state index in [2.05, 4.69) is 5.32 Å². The first-order chi connectivity index (χ1) is 14.2. The molecule has 2 aromatic carbocycles. The van der Waals surface area contributed by atoms with Gasteiger partial charge in [-0.05, 0) is 42.7 Å². The maximum absolute atomic E-state index is 12.7. The van der Waals surface area contributed by atoms with Crippen LogP contribution in [0.15, 0.2) is 42.5 Å². The van der Waals surface area contributed by atoms with Crippen LogP contribution in [0.1, 0.15) is 40.1 Å². The van der Waals surface area contributed by atoms with Crippen molar-refractivity contribution >= 4 is 41.0 Å². The van der Waals surface area contributed by atoms with Crippen molar-refractivity contribution in [3.63, 3.8) is 0 Å². The first-order valence-electron chi connectivity index (χ1n) is 9.41. The number of anilines is 1. The van der Waals surface area contributed by atoms with Crippen LogP contribution in [0.4, 0.5) is 5.69 Å². The largest absolute Gasteiger partial charge is 0.454 e. The van der Waals surface area contributed by atoms with E-state index in [0.29, 0.717) is 16.3 Å². The van der Waals surface area contributed by atoms with Crippen LogP contribution in [0.2, 0.25) is 5.02 Å². The van der Waals surface area contributed by atoms with Crippen molar-refractivity contribution in [3.8, 4) is 0 Å². The van der Waals surface area contributed by atoms with E-state index in [1.807, 2.05) is 0 Å². The van der Waals surface area contributed by atoms with E-state index in [9.17, 15) is 19.2 Å². The lowest BCUT2D eigenvalue weighted by Crippen LogP contribution is -2.49. The number of carbonyl (C=O) groups is 4. The number of ether oxygens (including phenoxy) is 1. The lowest BCUT2D eigenvalue weighted by atomic mass is 10.0. The van der Waals surface area contributed by atoms with E-state index in [0.717, 1.165) is 4.90 Å². The number of nitrogens with zero attached hydrogens (tertiary/aromatic N) is 1. The molecule has 8 heteroatoms. The molecule has 0 saturated heterocycles. The van der Waals surface area contributed by atoms with Gasteiger partial charge < -0.3 is 10.1 Å². The number of carbonyl (C=O) groups excluding carboxylic acids is 4. The maximum atomic E-state index is 12.7. The molecular weight excluding hydrogens is 408 g/mol. The van der Waals surface area contributed by atoms with Gasteiger partial charge in [0, 0.05) is 10.7 Å². The third-order valence-corrected chi connectivity index (χ3v) is 5.27. The molecule has 3 amide bonds. The Morgan fingerprint density at radius 2 is 1.63 bits per heavy atom. The Hall–Kier alpha value is -3.19. The summed E-state index contributed by atoms with van der Waals surface area (Å²) >= 11 is 6.03. The van der Waals surface area contributed by atoms with Crippen molar-refractivity contribution in [3.05, 3.63) is 64.2 Å². The van der Waals surface area contributed by atoms with Gasteiger partial charge in [0.05, 0.1) is 11.1 Å². The summed E-state index contributed by atoms with van der Waals surface area (Å²) in [4.78, 5) is 51.3. The van der Waals surface area contributed by atoms with Crippen molar-refractivity contribution in [1.29, 1.82) is 0 Å². The normalized spacial score (nSPS) is 14.0. The summed E-state index contributed by atoms with van der Waals surface area (Å²) in [5, 5.41) is 3.12. The molecule has 0 aromatic heterocycles. The number of esters is 1. The highest BCUT2D eigenvalue weighted by atomic mass is 35.5. The van der Waals surface area contributed by atoms with Crippen LogP contribution in [0.5, 0.6) is 0 Å². The zero-order valence-corrected chi connectivity index (χ0v) is 17.5. The minimum Gasteiger partial charge on any atom is -0.454 e. The van der Waals surface area contributed by atoms with Crippen LogP contribution >= 0.6 is 11.6 Å². The average Bonchev–Trinajstić information content (AvgIpc) is 2.95. The summed E-state index contributed by atoms with van der Waals surface area (Å²) in [5.41, 5.74) is 1.68. The molecule has 0 spiro atoms. The first-order valence-corrected chi connectivity index (χ1v) is 9.78. The number of imide groups is 1. The molecule has 0 saturated carbocycles. The molecule has 1 aliphatic rings. The highest BCUT2D eigenvalue weighted by Gasteiger charge is 2.44. The maximum Gasteiger partial charge on any atom is 0.330 e. The fraction of sp³-hybridized carbons (Fsp3) is 0.273. The van der Waals surface area contributed by atoms with Crippen LogP contribution in [-0.4, -0.2) is 41.2 Å². The van der Waals surface area contributed by atoms with Gasteiger partial charge in [-0.15, -0.1) is 0 Å². The van der Waals surface area contributed by atoms with Gasteiger partial charge in [0.15, 0.2) is 6.61 Å². The molecule has 0 radical (unpaired) electrons. The molecule has 1 atom stereocenters. The number of hydrogen-bond donors (Lipinski definition) is 1. The molecule has 1 heterocycles. The number of benzene rings is 2. The molecule has 30 heavy (non-hydrogen) atoms. The number of amides is 3. The van der Waals surface area contributed by atoms with E-state index in [1.54, 1.807) is 63.2 Å². The van der Waals surface area contributed by atoms with Gasteiger partial charge in [0.1, 0.15) is 6.04 Å². The molecule has 0 unspecified atom stereocenters. The van der Waals surface area contributed by atoms with Crippen LogP contribution in [-0.2, 0) is 14.3 Å². The summed E-state index contributed by atoms with van der Waals surface area (Å²) in [7, 11) is 0.